The Morgan fingerprint density at radius 3 is 2.14 bits per heavy atom. The van der Waals surface area contributed by atoms with Crippen LogP contribution in [0.1, 0.15) is 13.8 Å². The van der Waals surface area contributed by atoms with Gasteiger partial charge in [0, 0.05) is 0 Å². The Morgan fingerprint density at radius 1 is 1.71 bits per heavy atom. The van der Waals surface area contributed by atoms with E-state index in [2.05, 4.69) is 37.4 Å². The molecule has 1 heteroatoms. The van der Waals surface area contributed by atoms with Crippen LogP contribution in [0, 0.1) is 5.92 Å². The van der Waals surface area contributed by atoms with E-state index < -0.39 is 0 Å². The minimum atomic E-state index is 0.637. The SMILES string of the molecule is C=C[C](=[V])C(C)C. The molecule has 39 valence electrons. The van der Waals surface area contributed by atoms with E-state index in [-0.39, 0.29) is 0 Å². The van der Waals surface area contributed by atoms with Gasteiger partial charge >= 0.3 is 53.6 Å². The molecule has 0 bridgehead atoms. The fourth-order valence-corrected chi connectivity index (χ4v) is 0.236. The second-order valence-corrected chi connectivity index (χ2v) is 2.59. The Bertz CT molecular complexity index is 82.2. The molecule has 0 aliphatic heterocycles. The predicted molar refractivity (Wildman–Crippen MR) is 30.0 cm³/mol. The van der Waals surface area contributed by atoms with Crippen molar-refractivity contribution in [3.63, 3.8) is 0 Å². The third-order valence-electron chi connectivity index (χ3n) is 0.801. The van der Waals surface area contributed by atoms with E-state index in [9.17, 15) is 0 Å². The van der Waals surface area contributed by atoms with Crippen molar-refractivity contribution in [2.75, 3.05) is 0 Å². The van der Waals surface area contributed by atoms with Crippen LogP contribution in [0.15, 0.2) is 12.7 Å². The maximum absolute atomic E-state index is 3.63. The standard InChI is InChI=1S/C6H10.V/c1-4-5-6(2)3;/h4,6H,1H2,2-3H3;. The van der Waals surface area contributed by atoms with Crippen LogP contribution in [0.2, 0.25) is 0 Å². The molecular formula is C6H10V. The third-order valence-corrected chi connectivity index (χ3v) is 1.89. The molecule has 0 atom stereocenters. The van der Waals surface area contributed by atoms with E-state index in [1.165, 1.54) is 4.23 Å². The molecule has 0 saturated carbocycles. The molecule has 7 heavy (non-hydrogen) atoms. The molecule has 0 rings (SSSR count). The Morgan fingerprint density at radius 2 is 2.14 bits per heavy atom. The molecule has 0 N–H and O–H groups in total. The average molecular weight is 133 g/mol. The van der Waals surface area contributed by atoms with E-state index in [1.807, 2.05) is 6.08 Å². The summed E-state index contributed by atoms with van der Waals surface area (Å²) in [5.74, 6) is 0.637. The Labute approximate surface area is 54.1 Å². The average Bonchev–Trinajstić information content (AvgIpc) is 1.65. The molecule has 0 aromatic carbocycles. The molecule has 0 saturated heterocycles. The maximum atomic E-state index is 3.63. The van der Waals surface area contributed by atoms with Gasteiger partial charge in [-0.05, 0) is 0 Å². The van der Waals surface area contributed by atoms with Gasteiger partial charge < -0.3 is 0 Å². The van der Waals surface area contributed by atoms with Crippen LogP contribution in [0.4, 0.5) is 0 Å². The Hall–Kier alpha value is 0.194. The van der Waals surface area contributed by atoms with Gasteiger partial charge in [0.25, 0.3) is 0 Å². The van der Waals surface area contributed by atoms with E-state index >= 15 is 0 Å². The topological polar surface area (TPSA) is 0 Å². The van der Waals surface area contributed by atoms with E-state index in [4.69, 9.17) is 0 Å². The summed E-state index contributed by atoms with van der Waals surface area (Å²) in [6.07, 6.45) is 1.88. The van der Waals surface area contributed by atoms with Gasteiger partial charge in [-0.1, -0.05) is 0 Å². The van der Waals surface area contributed by atoms with Crippen LogP contribution in [0.5, 0.6) is 0 Å². The summed E-state index contributed by atoms with van der Waals surface area (Å²) >= 11 is 2.51. The van der Waals surface area contributed by atoms with Crippen LogP contribution < -0.4 is 0 Å². The zero-order chi connectivity index (χ0) is 5.86. The van der Waals surface area contributed by atoms with Crippen LogP contribution in [-0.2, 0) is 17.0 Å². The van der Waals surface area contributed by atoms with Gasteiger partial charge in [-0.3, -0.25) is 0 Å². The molecule has 0 amide bonds. The first-order valence-corrected chi connectivity index (χ1v) is 3.06. The normalized spacial score (nSPS) is 8.86. The van der Waals surface area contributed by atoms with Crippen molar-refractivity contribution < 1.29 is 17.0 Å². The molecule has 0 aliphatic carbocycles. The first-order valence-electron chi connectivity index (χ1n) is 2.36. The second kappa shape index (κ2) is 3.23. The monoisotopic (exact) mass is 133 g/mol. The minimum absolute atomic E-state index is 0.637. The molecule has 0 fully saturated rings. The summed E-state index contributed by atoms with van der Waals surface area (Å²) in [4.78, 5) is 0. The molecule has 0 heterocycles. The zero-order valence-electron chi connectivity index (χ0n) is 4.81. The van der Waals surface area contributed by atoms with Crippen LogP contribution >= 0.6 is 0 Å². The van der Waals surface area contributed by atoms with Crippen molar-refractivity contribution in [2.24, 2.45) is 5.92 Å². The van der Waals surface area contributed by atoms with Gasteiger partial charge in [0.1, 0.15) is 0 Å². The predicted octanol–water partition coefficient (Wildman–Crippen LogP) is 1.55. The summed E-state index contributed by atoms with van der Waals surface area (Å²) in [7, 11) is 0. The van der Waals surface area contributed by atoms with Gasteiger partial charge in [-0.15, -0.1) is 0 Å². The first kappa shape index (κ1) is 7.19. The summed E-state index contributed by atoms with van der Waals surface area (Å²) in [5.41, 5.74) is 0. The van der Waals surface area contributed by atoms with Gasteiger partial charge in [0.2, 0.25) is 0 Å². The fraction of sp³-hybridized carbons (Fsp3) is 0.500. The summed E-state index contributed by atoms with van der Waals surface area (Å²) in [5, 5.41) is 0. The fourth-order valence-electron chi connectivity index (χ4n) is 0.236. The van der Waals surface area contributed by atoms with Crippen molar-refractivity contribution in [1.82, 2.24) is 0 Å². The summed E-state index contributed by atoms with van der Waals surface area (Å²) in [6.45, 7) is 7.93. The second-order valence-electron chi connectivity index (χ2n) is 1.78. The number of hydrogen-bond donors (Lipinski definition) is 0. The first-order chi connectivity index (χ1) is 3.18. The number of allylic oxidation sites excluding steroid dienone is 1. The molecule has 0 spiro atoms. The number of rotatable bonds is 2. The molecule has 0 aromatic heterocycles. The summed E-state index contributed by atoms with van der Waals surface area (Å²) < 4.78 is 1.30. The Balaban J connectivity index is 3.56. The van der Waals surface area contributed by atoms with Crippen LogP contribution in [0.25, 0.3) is 0 Å². The molecule has 0 unspecified atom stereocenters. The van der Waals surface area contributed by atoms with E-state index in [0.29, 0.717) is 5.92 Å². The van der Waals surface area contributed by atoms with Gasteiger partial charge in [-0.25, -0.2) is 0 Å². The van der Waals surface area contributed by atoms with Gasteiger partial charge in [-0.2, -0.15) is 0 Å². The van der Waals surface area contributed by atoms with Crippen LogP contribution in [-0.4, -0.2) is 4.23 Å². The molecule has 0 radical (unpaired) electrons. The molecule has 0 nitrogen and oxygen atoms in total. The third kappa shape index (κ3) is 2.84. The Kier molecular flexibility index (Phi) is 3.32. The van der Waals surface area contributed by atoms with E-state index in [0.717, 1.165) is 0 Å². The molecule has 0 aromatic rings. The van der Waals surface area contributed by atoms with Crippen molar-refractivity contribution in [3.8, 4) is 0 Å². The van der Waals surface area contributed by atoms with Gasteiger partial charge in [0.05, 0.1) is 0 Å². The van der Waals surface area contributed by atoms with E-state index in [1.54, 1.807) is 0 Å². The van der Waals surface area contributed by atoms with Crippen LogP contribution in [0.3, 0.4) is 0 Å². The van der Waals surface area contributed by atoms with Crippen molar-refractivity contribution in [1.29, 1.82) is 0 Å². The number of hydrogen-bond acceptors (Lipinski definition) is 0. The zero-order valence-corrected chi connectivity index (χ0v) is 6.21. The van der Waals surface area contributed by atoms with Crippen molar-refractivity contribution in [3.05, 3.63) is 12.7 Å². The summed E-state index contributed by atoms with van der Waals surface area (Å²) in [6, 6.07) is 0. The van der Waals surface area contributed by atoms with Gasteiger partial charge in [0.15, 0.2) is 0 Å². The quantitative estimate of drug-likeness (QED) is 0.536. The van der Waals surface area contributed by atoms with Crippen molar-refractivity contribution >= 4 is 4.23 Å². The molecule has 0 aliphatic rings. The van der Waals surface area contributed by atoms with Crippen molar-refractivity contribution in [2.45, 2.75) is 13.8 Å². The molecular weight excluding hydrogens is 123 g/mol.